The lowest BCUT2D eigenvalue weighted by Crippen LogP contribution is -2.45. The molecule has 22 heavy (non-hydrogen) atoms. The summed E-state index contributed by atoms with van der Waals surface area (Å²) in [5, 5.41) is 11.3. The highest BCUT2D eigenvalue weighted by Gasteiger charge is 2.39. The van der Waals surface area contributed by atoms with E-state index in [1.54, 1.807) is 13.0 Å². The van der Waals surface area contributed by atoms with Crippen LogP contribution in [-0.2, 0) is 25.5 Å². The van der Waals surface area contributed by atoms with Gasteiger partial charge in [-0.2, -0.15) is 0 Å². The van der Waals surface area contributed by atoms with Crippen molar-refractivity contribution >= 4 is 23.2 Å². The lowest BCUT2D eigenvalue weighted by atomic mass is 10.1. The number of ether oxygens (including phenoxy) is 2. The molecule has 0 aliphatic rings. The van der Waals surface area contributed by atoms with Crippen LogP contribution in [0.3, 0.4) is 0 Å². The number of carbonyl (C=O) groups is 2. The summed E-state index contributed by atoms with van der Waals surface area (Å²) in [6, 6.07) is 11.1. The highest BCUT2D eigenvalue weighted by Crippen LogP contribution is 2.19. The molecule has 6 nitrogen and oxygen atoms in total. The van der Waals surface area contributed by atoms with Gasteiger partial charge in [0, 0.05) is 17.7 Å². The molecule has 6 heteroatoms. The summed E-state index contributed by atoms with van der Waals surface area (Å²) in [6.07, 6.45) is 0.266. The smallest absolute Gasteiger partial charge is 0.367 e. The van der Waals surface area contributed by atoms with E-state index in [9.17, 15) is 14.7 Å². The van der Waals surface area contributed by atoms with Gasteiger partial charge in [0.15, 0.2) is 6.29 Å². The van der Waals surface area contributed by atoms with Crippen molar-refractivity contribution in [3.63, 3.8) is 0 Å². The first-order valence-corrected chi connectivity index (χ1v) is 6.91. The standard InChI is InChI=1S/C16H17NO5/c1-2-22-16(20,15(19)21-10-9-18)11-13-8-7-12-5-3-4-6-14(12)17-13/h3-9,20H,2,10-11H2,1H3. The zero-order valence-corrected chi connectivity index (χ0v) is 12.2. The van der Waals surface area contributed by atoms with E-state index in [-0.39, 0.29) is 13.0 Å². The average molecular weight is 303 g/mol. The fourth-order valence-corrected chi connectivity index (χ4v) is 2.10. The predicted molar refractivity (Wildman–Crippen MR) is 79.0 cm³/mol. The van der Waals surface area contributed by atoms with E-state index in [4.69, 9.17) is 4.74 Å². The van der Waals surface area contributed by atoms with Crippen LogP contribution in [0.1, 0.15) is 12.6 Å². The Labute approximate surface area is 127 Å². The molecule has 0 saturated carbocycles. The van der Waals surface area contributed by atoms with Gasteiger partial charge in [-0.25, -0.2) is 4.79 Å². The van der Waals surface area contributed by atoms with Gasteiger partial charge >= 0.3 is 5.97 Å². The molecule has 1 unspecified atom stereocenters. The van der Waals surface area contributed by atoms with Crippen molar-refractivity contribution in [1.82, 2.24) is 4.98 Å². The quantitative estimate of drug-likeness (QED) is 0.470. The summed E-state index contributed by atoms with van der Waals surface area (Å²) in [7, 11) is 0. The van der Waals surface area contributed by atoms with Crippen LogP contribution in [-0.4, -0.2) is 41.3 Å². The Kier molecular flexibility index (Phi) is 5.19. The highest BCUT2D eigenvalue weighted by atomic mass is 16.7. The van der Waals surface area contributed by atoms with Gasteiger partial charge in [0.1, 0.15) is 6.61 Å². The normalized spacial score (nSPS) is 13.5. The van der Waals surface area contributed by atoms with Crippen molar-refractivity contribution in [3.05, 3.63) is 42.1 Å². The van der Waals surface area contributed by atoms with Gasteiger partial charge in [-0.3, -0.25) is 9.78 Å². The molecule has 1 aromatic heterocycles. The number of aromatic nitrogens is 1. The van der Waals surface area contributed by atoms with E-state index in [1.165, 1.54) is 0 Å². The summed E-state index contributed by atoms with van der Waals surface area (Å²) in [5.74, 6) is -3.16. The zero-order chi connectivity index (χ0) is 16.0. The lowest BCUT2D eigenvalue weighted by Gasteiger charge is -2.24. The van der Waals surface area contributed by atoms with Crippen LogP contribution in [0.4, 0.5) is 0 Å². The van der Waals surface area contributed by atoms with Crippen molar-refractivity contribution in [2.45, 2.75) is 19.1 Å². The third kappa shape index (κ3) is 3.66. The number of fused-ring (bicyclic) bond motifs is 1. The van der Waals surface area contributed by atoms with Crippen LogP contribution < -0.4 is 0 Å². The minimum atomic E-state index is -2.16. The highest BCUT2D eigenvalue weighted by molar-refractivity contribution is 5.80. The maximum Gasteiger partial charge on any atom is 0.367 e. The molecule has 0 amide bonds. The molecular weight excluding hydrogens is 286 g/mol. The van der Waals surface area contributed by atoms with Crippen molar-refractivity contribution in [2.75, 3.05) is 13.2 Å². The molecule has 2 aromatic rings. The minimum absolute atomic E-state index is 0.111. The van der Waals surface area contributed by atoms with Crippen LogP contribution in [0.5, 0.6) is 0 Å². The van der Waals surface area contributed by atoms with Crippen LogP contribution in [0.2, 0.25) is 0 Å². The molecule has 0 radical (unpaired) electrons. The molecular formula is C16H17NO5. The number of hydrogen-bond donors (Lipinski definition) is 1. The second-order valence-electron chi connectivity index (χ2n) is 4.65. The van der Waals surface area contributed by atoms with E-state index in [1.807, 2.05) is 30.3 Å². The van der Waals surface area contributed by atoms with E-state index in [0.29, 0.717) is 12.0 Å². The van der Waals surface area contributed by atoms with Crippen molar-refractivity contribution < 1.29 is 24.2 Å². The first kappa shape index (κ1) is 16.1. The topological polar surface area (TPSA) is 85.7 Å². The SMILES string of the molecule is CCOC(O)(Cc1ccc2ccccc2n1)C(=O)OCC=O. The first-order valence-electron chi connectivity index (χ1n) is 6.91. The first-order chi connectivity index (χ1) is 10.6. The number of rotatable bonds is 7. The predicted octanol–water partition coefficient (Wildman–Crippen LogP) is 1.24. The number of aldehydes is 1. The molecule has 0 aliphatic carbocycles. The second kappa shape index (κ2) is 7.11. The summed E-state index contributed by atoms with van der Waals surface area (Å²) < 4.78 is 9.79. The maximum absolute atomic E-state index is 11.9. The summed E-state index contributed by atoms with van der Waals surface area (Å²) in [6.45, 7) is 1.32. The number of nitrogens with zero attached hydrogens (tertiary/aromatic N) is 1. The van der Waals surface area contributed by atoms with Gasteiger partial charge in [-0.1, -0.05) is 24.3 Å². The number of hydrogen-bond acceptors (Lipinski definition) is 6. The Balaban J connectivity index is 2.24. The largest absolute Gasteiger partial charge is 0.454 e. The van der Waals surface area contributed by atoms with Gasteiger partial charge in [0.05, 0.1) is 11.9 Å². The van der Waals surface area contributed by atoms with E-state index in [2.05, 4.69) is 9.72 Å². The van der Waals surface area contributed by atoms with Crippen molar-refractivity contribution in [1.29, 1.82) is 0 Å². The maximum atomic E-state index is 11.9. The van der Waals surface area contributed by atoms with Crippen LogP contribution in [0.15, 0.2) is 36.4 Å². The van der Waals surface area contributed by atoms with Crippen molar-refractivity contribution in [3.8, 4) is 0 Å². The summed E-state index contributed by atoms with van der Waals surface area (Å²) >= 11 is 0. The zero-order valence-electron chi connectivity index (χ0n) is 12.2. The Morgan fingerprint density at radius 1 is 1.32 bits per heavy atom. The van der Waals surface area contributed by atoms with Gasteiger partial charge in [0.25, 0.3) is 5.79 Å². The molecule has 116 valence electrons. The Bertz CT molecular complexity index is 672. The Hall–Kier alpha value is -2.31. The van der Waals surface area contributed by atoms with Gasteiger partial charge in [-0.05, 0) is 19.1 Å². The molecule has 1 aromatic carbocycles. The summed E-state index contributed by atoms with van der Waals surface area (Å²) in [5.41, 5.74) is 1.23. The molecule has 0 spiro atoms. The minimum Gasteiger partial charge on any atom is -0.454 e. The fraction of sp³-hybridized carbons (Fsp3) is 0.312. The molecule has 0 aliphatic heterocycles. The number of benzene rings is 1. The van der Waals surface area contributed by atoms with Crippen LogP contribution in [0.25, 0.3) is 10.9 Å². The fourth-order valence-electron chi connectivity index (χ4n) is 2.10. The van der Waals surface area contributed by atoms with E-state index in [0.717, 1.165) is 10.9 Å². The molecule has 2 rings (SSSR count). The molecule has 1 N–H and O–H groups in total. The number of pyridine rings is 1. The van der Waals surface area contributed by atoms with Gasteiger partial charge in [-0.15, -0.1) is 0 Å². The lowest BCUT2D eigenvalue weighted by molar-refractivity contribution is -0.226. The van der Waals surface area contributed by atoms with Gasteiger partial charge in [0.2, 0.25) is 0 Å². The number of para-hydroxylation sites is 1. The van der Waals surface area contributed by atoms with E-state index >= 15 is 0 Å². The third-order valence-corrected chi connectivity index (χ3v) is 3.06. The molecule has 1 heterocycles. The molecule has 0 bridgehead atoms. The van der Waals surface area contributed by atoms with Crippen molar-refractivity contribution in [2.24, 2.45) is 0 Å². The molecule has 0 saturated heterocycles. The number of aliphatic hydroxyl groups is 1. The van der Waals surface area contributed by atoms with Crippen LogP contribution in [0, 0.1) is 0 Å². The second-order valence-corrected chi connectivity index (χ2v) is 4.65. The average Bonchev–Trinajstić information content (AvgIpc) is 2.52. The molecule has 1 atom stereocenters. The summed E-state index contributed by atoms with van der Waals surface area (Å²) in [4.78, 5) is 26.6. The molecule has 0 fully saturated rings. The van der Waals surface area contributed by atoms with Crippen LogP contribution >= 0.6 is 0 Å². The number of carbonyl (C=O) groups excluding carboxylic acids is 2. The number of esters is 1. The van der Waals surface area contributed by atoms with Gasteiger partial charge < -0.3 is 14.6 Å². The third-order valence-electron chi connectivity index (χ3n) is 3.06. The van der Waals surface area contributed by atoms with E-state index < -0.39 is 18.4 Å². The Morgan fingerprint density at radius 3 is 2.82 bits per heavy atom. The Morgan fingerprint density at radius 2 is 2.09 bits per heavy atom. The monoisotopic (exact) mass is 303 g/mol.